The van der Waals surface area contributed by atoms with E-state index in [0.717, 1.165) is 10.0 Å². The van der Waals surface area contributed by atoms with Crippen LogP contribution in [0.15, 0.2) is 58.1 Å². The van der Waals surface area contributed by atoms with Gasteiger partial charge in [0.1, 0.15) is 11.5 Å². The predicted octanol–water partition coefficient (Wildman–Crippen LogP) is 3.63. The molecule has 0 aliphatic rings. The average molecular weight is 348 g/mol. The van der Waals surface area contributed by atoms with Crippen LogP contribution in [0.3, 0.4) is 0 Å². The SMILES string of the molecule is C/C(=N\NC(N)=O)c1ccccc1Oc1ccc(Br)cc1. The van der Waals surface area contributed by atoms with Gasteiger partial charge in [0.05, 0.1) is 5.71 Å². The monoisotopic (exact) mass is 347 g/mol. The molecule has 2 aromatic carbocycles. The van der Waals surface area contributed by atoms with Gasteiger partial charge in [0.25, 0.3) is 0 Å². The molecule has 0 fully saturated rings. The second-order valence-electron chi connectivity index (χ2n) is 4.23. The number of urea groups is 1. The third-order valence-corrected chi connectivity index (χ3v) is 3.18. The molecule has 2 rings (SSSR count). The lowest BCUT2D eigenvalue weighted by atomic mass is 10.1. The molecule has 0 saturated heterocycles. The third kappa shape index (κ3) is 4.32. The number of hydrogen-bond donors (Lipinski definition) is 2. The molecule has 0 atom stereocenters. The van der Waals surface area contributed by atoms with Crippen molar-refractivity contribution in [3.8, 4) is 11.5 Å². The molecule has 3 N–H and O–H groups in total. The van der Waals surface area contributed by atoms with Crippen molar-refractivity contribution in [1.82, 2.24) is 5.43 Å². The van der Waals surface area contributed by atoms with E-state index < -0.39 is 6.03 Å². The summed E-state index contributed by atoms with van der Waals surface area (Å²) in [4.78, 5) is 10.7. The van der Waals surface area contributed by atoms with E-state index in [1.807, 2.05) is 48.5 Å². The van der Waals surface area contributed by atoms with Crippen LogP contribution in [0.5, 0.6) is 11.5 Å². The standard InChI is InChI=1S/C15H14BrN3O2/c1-10(18-19-15(17)20)13-4-2-3-5-14(13)21-12-8-6-11(16)7-9-12/h2-9H,1H3,(H3,17,19,20)/b18-10+. The number of hydrogen-bond acceptors (Lipinski definition) is 3. The zero-order chi connectivity index (χ0) is 15.2. The molecule has 0 aromatic heterocycles. The Hall–Kier alpha value is -2.34. The Morgan fingerprint density at radius 2 is 1.86 bits per heavy atom. The number of para-hydroxylation sites is 1. The van der Waals surface area contributed by atoms with Gasteiger partial charge in [0, 0.05) is 10.0 Å². The van der Waals surface area contributed by atoms with Crippen molar-refractivity contribution in [2.24, 2.45) is 10.8 Å². The van der Waals surface area contributed by atoms with E-state index in [-0.39, 0.29) is 0 Å². The van der Waals surface area contributed by atoms with Gasteiger partial charge in [-0.25, -0.2) is 10.2 Å². The Bertz CT molecular complexity index is 669. The summed E-state index contributed by atoms with van der Waals surface area (Å²) in [7, 11) is 0. The third-order valence-electron chi connectivity index (χ3n) is 2.65. The van der Waals surface area contributed by atoms with Crippen molar-refractivity contribution < 1.29 is 9.53 Å². The molecule has 0 aliphatic carbocycles. The van der Waals surface area contributed by atoms with Gasteiger partial charge < -0.3 is 10.5 Å². The highest BCUT2D eigenvalue weighted by Crippen LogP contribution is 2.26. The number of nitrogens with one attached hydrogen (secondary N) is 1. The Labute approximate surface area is 130 Å². The molecule has 0 saturated carbocycles. The van der Waals surface area contributed by atoms with Crippen LogP contribution in [0.4, 0.5) is 4.79 Å². The molecule has 0 aliphatic heterocycles. The number of ether oxygens (including phenoxy) is 1. The lowest BCUT2D eigenvalue weighted by molar-refractivity contribution is 0.249. The zero-order valence-corrected chi connectivity index (χ0v) is 12.9. The topological polar surface area (TPSA) is 76.7 Å². The summed E-state index contributed by atoms with van der Waals surface area (Å²) in [6, 6.07) is 14.2. The minimum absolute atomic E-state index is 0.599. The van der Waals surface area contributed by atoms with Crippen molar-refractivity contribution in [3.05, 3.63) is 58.6 Å². The number of nitrogens with two attached hydrogens (primary N) is 1. The van der Waals surface area contributed by atoms with E-state index in [1.165, 1.54) is 0 Å². The van der Waals surface area contributed by atoms with Gasteiger partial charge >= 0.3 is 6.03 Å². The van der Waals surface area contributed by atoms with Crippen LogP contribution < -0.4 is 15.9 Å². The number of benzene rings is 2. The first kappa shape index (κ1) is 15.1. The molecule has 0 radical (unpaired) electrons. The molecule has 2 aromatic rings. The molecular formula is C15H14BrN3O2. The molecule has 2 amide bonds. The quantitative estimate of drug-likeness (QED) is 0.654. The predicted molar refractivity (Wildman–Crippen MR) is 85.6 cm³/mol. The van der Waals surface area contributed by atoms with Crippen LogP contribution in [0.25, 0.3) is 0 Å². The van der Waals surface area contributed by atoms with E-state index in [9.17, 15) is 4.79 Å². The first-order valence-corrected chi connectivity index (χ1v) is 6.98. The maximum absolute atomic E-state index is 10.7. The molecule has 21 heavy (non-hydrogen) atoms. The van der Waals surface area contributed by atoms with Gasteiger partial charge in [0.2, 0.25) is 0 Å². The first-order valence-electron chi connectivity index (χ1n) is 6.19. The normalized spacial score (nSPS) is 11.0. The minimum Gasteiger partial charge on any atom is -0.457 e. The second-order valence-corrected chi connectivity index (χ2v) is 5.14. The molecule has 5 nitrogen and oxygen atoms in total. The second kappa shape index (κ2) is 6.90. The molecule has 0 spiro atoms. The van der Waals surface area contributed by atoms with Crippen molar-refractivity contribution >= 4 is 27.7 Å². The summed E-state index contributed by atoms with van der Waals surface area (Å²) >= 11 is 3.38. The molecule has 0 unspecified atom stereocenters. The van der Waals surface area contributed by atoms with Crippen molar-refractivity contribution in [2.45, 2.75) is 6.92 Å². The van der Waals surface area contributed by atoms with E-state index in [2.05, 4.69) is 26.5 Å². The summed E-state index contributed by atoms with van der Waals surface area (Å²) in [5, 5.41) is 3.91. The summed E-state index contributed by atoms with van der Waals surface area (Å²) in [5.74, 6) is 1.36. The van der Waals surface area contributed by atoms with Crippen molar-refractivity contribution in [3.63, 3.8) is 0 Å². The maximum atomic E-state index is 10.7. The summed E-state index contributed by atoms with van der Waals surface area (Å²) in [5.41, 5.74) is 8.58. The molecule has 0 bridgehead atoms. The van der Waals surface area contributed by atoms with Gasteiger partial charge in [-0.05, 0) is 43.3 Å². The highest BCUT2D eigenvalue weighted by Gasteiger charge is 2.07. The fourth-order valence-corrected chi connectivity index (χ4v) is 1.95. The fourth-order valence-electron chi connectivity index (χ4n) is 1.68. The molecule has 108 valence electrons. The van der Waals surface area contributed by atoms with Crippen LogP contribution in [0.1, 0.15) is 12.5 Å². The Kier molecular flexibility index (Phi) is 4.94. The summed E-state index contributed by atoms with van der Waals surface area (Å²) < 4.78 is 6.83. The van der Waals surface area contributed by atoms with Gasteiger partial charge in [0.15, 0.2) is 0 Å². The summed E-state index contributed by atoms with van der Waals surface area (Å²) in [6.45, 7) is 1.76. The zero-order valence-electron chi connectivity index (χ0n) is 11.3. The number of rotatable bonds is 4. The van der Waals surface area contributed by atoms with Crippen molar-refractivity contribution in [2.75, 3.05) is 0 Å². The number of nitrogens with zero attached hydrogens (tertiary/aromatic N) is 1. The molecule has 6 heteroatoms. The minimum atomic E-state index is -0.708. The smallest absolute Gasteiger partial charge is 0.332 e. The van der Waals surface area contributed by atoms with E-state index >= 15 is 0 Å². The number of hydrazone groups is 1. The first-order chi connectivity index (χ1) is 10.1. The Morgan fingerprint density at radius 1 is 1.19 bits per heavy atom. The lowest BCUT2D eigenvalue weighted by Gasteiger charge is -2.11. The highest BCUT2D eigenvalue weighted by atomic mass is 79.9. The van der Waals surface area contributed by atoms with Gasteiger partial charge in [-0.2, -0.15) is 5.10 Å². The molecular weight excluding hydrogens is 334 g/mol. The average Bonchev–Trinajstić information content (AvgIpc) is 2.48. The molecule has 0 heterocycles. The largest absolute Gasteiger partial charge is 0.457 e. The highest BCUT2D eigenvalue weighted by molar-refractivity contribution is 9.10. The Balaban J connectivity index is 2.26. The number of amides is 2. The van der Waals surface area contributed by atoms with Crippen LogP contribution in [-0.2, 0) is 0 Å². The van der Waals surface area contributed by atoms with E-state index in [4.69, 9.17) is 10.5 Å². The van der Waals surface area contributed by atoms with Crippen LogP contribution >= 0.6 is 15.9 Å². The van der Waals surface area contributed by atoms with Gasteiger partial charge in [-0.3, -0.25) is 0 Å². The van der Waals surface area contributed by atoms with E-state index in [1.54, 1.807) is 6.92 Å². The van der Waals surface area contributed by atoms with E-state index in [0.29, 0.717) is 17.2 Å². The van der Waals surface area contributed by atoms with Crippen LogP contribution in [0.2, 0.25) is 0 Å². The number of carbonyl (C=O) groups is 1. The van der Waals surface area contributed by atoms with Crippen LogP contribution in [-0.4, -0.2) is 11.7 Å². The van der Waals surface area contributed by atoms with Gasteiger partial charge in [-0.1, -0.05) is 28.1 Å². The van der Waals surface area contributed by atoms with Gasteiger partial charge in [-0.15, -0.1) is 0 Å². The maximum Gasteiger partial charge on any atom is 0.332 e. The summed E-state index contributed by atoms with van der Waals surface area (Å²) in [6.07, 6.45) is 0. The fraction of sp³-hybridized carbons (Fsp3) is 0.0667. The van der Waals surface area contributed by atoms with Crippen molar-refractivity contribution in [1.29, 1.82) is 0 Å². The van der Waals surface area contributed by atoms with Crippen LogP contribution in [0, 0.1) is 0 Å². The number of primary amides is 1. The Morgan fingerprint density at radius 3 is 2.52 bits per heavy atom. The number of carbonyl (C=O) groups excluding carboxylic acids is 1. The number of halogens is 1. The lowest BCUT2D eigenvalue weighted by Crippen LogP contribution is -2.25.